The summed E-state index contributed by atoms with van der Waals surface area (Å²) in [4.78, 5) is 10.7. The van der Waals surface area contributed by atoms with Crippen LogP contribution in [0.4, 0.5) is 18.9 Å². The van der Waals surface area contributed by atoms with Gasteiger partial charge >= 0.3 is 12.1 Å². The monoisotopic (exact) mass is 297 g/mol. The number of carbonyl (C=O) groups is 1. The number of anilines is 1. The fourth-order valence-electron chi connectivity index (χ4n) is 1.01. The molecule has 0 aliphatic rings. The summed E-state index contributed by atoms with van der Waals surface area (Å²) in [6.45, 7) is -0.465. The topological polar surface area (TPSA) is 49.3 Å². The normalized spacial score (nSPS) is 11.3. The summed E-state index contributed by atoms with van der Waals surface area (Å²) >= 11 is 3.10. The lowest BCUT2D eigenvalue weighted by Crippen LogP contribution is -2.30. The van der Waals surface area contributed by atoms with Crippen LogP contribution in [0.2, 0.25) is 0 Å². The Kier molecular flexibility index (Phi) is 3.93. The van der Waals surface area contributed by atoms with E-state index in [2.05, 4.69) is 15.9 Å². The molecule has 1 aromatic carbocycles. The van der Waals surface area contributed by atoms with Gasteiger partial charge in [0.25, 0.3) is 0 Å². The van der Waals surface area contributed by atoms with Gasteiger partial charge in [0.1, 0.15) is 0 Å². The molecule has 16 heavy (non-hydrogen) atoms. The molecule has 0 saturated carbocycles. The van der Waals surface area contributed by atoms with Gasteiger partial charge in [-0.2, -0.15) is 13.2 Å². The summed E-state index contributed by atoms with van der Waals surface area (Å²) in [7, 11) is 0. The minimum absolute atomic E-state index is 0.0620. The van der Waals surface area contributed by atoms with Crippen molar-refractivity contribution in [2.24, 2.45) is 0 Å². The summed E-state index contributed by atoms with van der Waals surface area (Å²) in [5.41, 5.74) is 0.139. The van der Waals surface area contributed by atoms with Crippen molar-refractivity contribution in [1.29, 1.82) is 0 Å². The molecular formula is C9H7BrF3NO2. The molecular weight excluding hydrogens is 291 g/mol. The number of benzene rings is 1. The molecule has 2 N–H and O–H groups in total. The van der Waals surface area contributed by atoms with E-state index in [9.17, 15) is 18.0 Å². The first kappa shape index (κ1) is 13.0. The van der Waals surface area contributed by atoms with Gasteiger partial charge in [0.2, 0.25) is 0 Å². The maximum absolute atomic E-state index is 12.0. The van der Waals surface area contributed by atoms with Gasteiger partial charge in [-0.05, 0) is 18.2 Å². The largest absolute Gasteiger partial charge is 0.471 e. The van der Waals surface area contributed by atoms with Crippen LogP contribution in [0, 0.1) is 0 Å². The molecule has 0 aliphatic carbocycles. The second-order valence-corrected chi connectivity index (χ2v) is 3.83. The molecule has 7 heteroatoms. The van der Waals surface area contributed by atoms with E-state index in [4.69, 9.17) is 5.11 Å². The Bertz CT molecular complexity index is 406. The third kappa shape index (κ3) is 3.21. The zero-order valence-electron chi connectivity index (χ0n) is 7.81. The SMILES string of the molecule is O=C(Nc1ccc(Br)cc1CO)C(F)(F)F. The molecule has 88 valence electrons. The Labute approximate surface area is 97.4 Å². The highest BCUT2D eigenvalue weighted by molar-refractivity contribution is 9.10. The molecule has 1 amide bonds. The lowest BCUT2D eigenvalue weighted by atomic mass is 10.2. The average molecular weight is 298 g/mol. The Morgan fingerprint density at radius 1 is 1.44 bits per heavy atom. The van der Waals surface area contributed by atoms with Crippen LogP contribution in [-0.2, 0) is 11.4 Å². The molecule has 0 fully saturated rings. The smallest absolute Gasteiger partial charge is 0.392 e. The number of rotatable bonds is 2. The highest BCUT2D eigenvalue weighted by atomic mass is 79.9. The zero-order valence-corrected chi connectivity index (χ0v) is 9.39. The van der Waals surface area contributed by atoms with Crippen LogP contribution in [0.25, 0.3) is 0 Å². The summed E-state index contributed by atoms with van der Waals surface area (Å²) in [6, 6.07) is 4.16. The Morgan fingerprint density at radius 3 is 2.56 bits per heavy atom. The number of aliphatic hydroxyl groups is 1. The number of halogens is 4. The molecule has 0 heterocycles. The van der Waals surface area contributed by atoms with Gasteiger partial charge in [-0.25, -0.2) is 0 Å². The molecule has 0 atom stereocenters. The second kappa shape index (κ2) is 4.84. The van der Waals surface area contributed by atoms with Crippen molar-refractivity contribution in [3.63, 3.8) is 0 Å². The maximum Gasteiger partial charge on any atom is 0.471 e. The van der Waals surface area contributed by atoms with E-state index in [1.165, 1.54) is 18.2 Å². The van der Waals surface area contributed by atoms with Crippen LogP contribution in [0.5, 0.6) is 0 Å². The predicted octanol–water partition coefficient (Wildman–Crippen LogP) is 2.44. The lowest BCUT2D eigenvalue weighted by molar-refractivity contribution is -0.167. The molecule has 1 rings (SSSR count). The number of amides is 1. The van der Waals surface area contributed by atoms with Gasteiger partial charge in [-0.1, -0.05) is 15.9 Å². The van der Waals surface area contributed by atoms with Crippen LogP contribution in [0.1, 0.15) is 5.56 Å². The van der Waals surface area contributed by atoms with E-state index in [1.54, 1.807) is 5.32 Å². The van der Waals surface area contributed by atoms with Gasteiger partial charge in [-0.15, -0.1) is 0 Å². The molecule has 0 aliphatic heterocycles. The first-order chi connectivity index (χ1) is 7.34. The first-order valence-electron chi connectivity index (χ1n) is 4.12. The van der Waals surface area contributed by atoms with E-state index in [-0.39, 0.29) is 11.3 Å². The van der Waals surface area contributed by atoms with E-state index in [1.807, 2.05) is 0 Å². The minimum Gasteiger partial charge on any atom is -0.392 e. The molecule has 0 bridgehead atoms. The zero-order chi connectivity index (χ0) is 12.3. The summed E-state index contributed by atoms with van der Waals surface area (Å²) in [5, 5.41) is 10.6. The van der Waals surface area contributed by atoms with Gasteiger partial charge in [0.15, 0.2) is 0 Å². The van der Waals surface area contributed by atoms with Gasteiger partial charge in [0, 0.05) is 15.7 Å². The second-order valence-electron chi connectivity index (χ2n) is 2.91. The van der Waals surface area contributed by atoms with E-state index in [0.717, 1.165) is 0 Å². The first-order valence-corrected chi connectivity index (χ1v) is 4.91. The fourth-order valence-corrected chi connectivity index (χ4v) is 1.42. The number of hydrogen-bond donors (Lipinski definition) is 2. The summed E-state index contributed by atoms with van der Waals surface area (Å²) < 4.78 is 36.5. The van der Waals surface area contributed by atoms with Crippen LogP contribution in [0.15, 0.2) is 22.7 Å². The summed E-state index contributed by atoms with van der Waals surface area (Å²) in [6.07, 6.45) is -4.94. The Morgan fingerprint density at radius 2 is 2.06 bits per heavy atom. The van der Waals surface area contributed by atoms with Crippen molar-refractivity contribution in [2.45, 2.75) is 12.8 Å². The Balaban J connectivity index is 2.93. The molecule has 0 spiro atoms. The van der Waals surface area contributed by atoms with Crippen LogP contribution >= 0.6 is 15.9 Å². The van der Waals surface area contributed by atoms with E-state index >= 15 is 0 Å². The third-order valence-corrected chi connectivity index (χ3v) is 2.24. The molecule has 3 nitrogen and oxygen atoms in total. The van der Waals surface area contributed by atoms with E-state index < -0.39 is 18.7 Å². The van der Waals surface area contributed by atoms with Gasteiger partial charge in [-0.3, -0.25) is 4.79 Å². The standard InChI is InChI=1S/C9H7BrF3NO2/c10-6-1-2-7(5(3-6)4-15)14-8(16)9(11,12)13/h1-3,15H,4H2,(H,14,16). The molecule has 0 saturated heterocycles. The van der Waals surface area contributed by atoms with Crippen LogP contribution in [0.3, 0.4) is 0 Å². The van der Waals surface area contributed by atoms with Crippen molar-refractivity contribution in [2.75, 3.05) is 5.32 Å². The van der Waals surface area contributed by atoms with Gasteiger partial charge in [0.05, 0.1) is 6.61 Å². The maximum atomic E-state index is 12.0. The van der Waals surface area contributed by atoms with Crippen LogP contribution in [-0.4, -0.2) is 17.2 Å². The number of alkyl halides is 3. The van der Waals surface area contributed by atoms with Crippen molar-refractivity contribution in [1.82, 2.24) is 0 Å². The Hall–Kier alpha value is -1.08. The molecule has 0 unspecified atom stereocenters. The predicted molar refractivity (Wildman–Crippen MR) is 54.7 cm³/mol. The lowest BCUT2D eigenvalue weighted by Gasteiger charge is -2.11. The minimum atomic E-state index is -4.94. The van der Waals surface area contributed by atoms with Crippen LogP contribution < -0.4 is 5.32 Å². The number of carbonyl (C=O) groups excluding carboxylic acids is 1. The molecule has 0 radical (unpaired) electrons. The van der Waals surface area contributed by atoms with Crippen molar-refractivity contribution in [3.05, 3.63) is 28.2 Å². The number of aliphatic hydroxyl groups excluding tert-OH is 1. The van der Waals surface area contributed by atoms with Crippen molar-refractivity contribution in [3.8, 4) is 0 Å². The van der Waals surface area contributed by atoms with Crippen molar-refractivity contribution >= 4 is 27.5 Å². The average Bonchev–Trinajstić information content (AvgIpc) is 2.19. The number of nitrogens with one attached hydrogen (secondary N) is 1. The quantitative estimate of drug-likeness (QED) is 0.881. The third-order valence-electron chi connectivity index (χ3n) is 1.74. The highest BCUT2D eigenvalue weighted by Gasteiger charge is 2.38. The van der Waals surface area contributed by atoms with Crippen molar-refractivity contribution < 1.29 is 23.1 Å². The van der Waals surface area contributed by atoms with Gasteiger partial charge < -0.3 is 10.4 Å². The summed E-state index contributed by atoms with van der Waals surface area (Å²) in [5.74, 6) is -2.07. The van der Waals surface area contributed by atoms with E-state index in [0.29, 0.717) is 4.47 Å². The fraction of sp³-hybridized carbons (Fsp3) is 0.222. The molecule has 1 aromatic rings. The molecule has 0 aromatic heterocycles. The highest BCUT2D eigenvalue weighted by Crippen LogP contribution is 2.23. The number of hydrogen-bond acceptors (Lipinski definition) is 2.